The number of halogens is 3. The van der Waals surface area contributed by atoms with Gasteiger partial charge in [-0.2, -0.15) is 0 Å². The van der Waals surface area contributed by atoms with Crippen molar-refractivity contribution in [2.45, 2.75) is 0 Å². The molecule has 1 aromatic heterocycles. The van der Waals surface area contributed by atoms with Crippen molar-refractivity contribution in [1.82, 2.24) is 4.98 Å². The van der Waals surface area contributed by atoms with E-state index in [0.29, 0.717) is 5.69 Å². The van der Waals surface area contributed by atoms with E-state index in [-0.39, 0.29) is 20.9 Å². The zero-order valence-electron chi connectivity index (χ0n) is 9.45. The minimum Gasteiger partial charge on any atom is -0.384 e. The van der Waals surface area contributed by atoms with Gasteiger partial charge in [0.2, 0.25) is 0 Å². The van der Waals surface area contributed by atoms with E-state index >= 15 is 0 Å². The predicted octanol–water partition coefficient (Wildman–Crippen LogP) is 3.47. The molecule has 0 saturated heterocycles. The van der Waals surface area contributed by atoms with Crippen LogP contribution >= 0.6 is 27.5 Å². The number of rotatable bonds is 2. The molecule has 2 rings (SSSR count). The maximum atomic E-state index is 13.1. The molecule has 0 fully saturated rings. The topological polar surface area (TPSA) is 68.0 Å². The minimum atomic E-state index is -0.447. The Morgan fingerprint density at radius 2 is 2.16 bits per heavy atom. The van der Waals surface area contributed by atoms with Crippen LogP contribution in [0.2, 0.25) is 5.02 Å². The Hall–Kier alpha value is -1.66. The number of aromatic nitrogens is 1. The van der Waals surface area contributed by atoms with Gasteiger partial charge in [0.05, 0.1) is 15.1 Å². The van der Waals surface area contributed by atoms with Gasteiger partial charge in [-0.25, -0.2) is 9.37 Å². The number of hydrogen-bond acceptors (Lipinski definition) is 3. The molecule has 0 bridgehead atoms. The summed E-state index contributed by atoms with van der Waals surface area (Å²) >= 11 is 8.90. The van der Waals surface area contributed by atoms with Crippen molar-refractivity contribution < 1.29 is 9.18 Å². The second-order valence-electron chi connectivity index (χ2n) is 3.67. The Bertz CT molecular complexity index is 651. The summed E-state index contributed by atoms with van der Waals surface area (Å²) in [7, 11) is 0. The molecule has 0 aliphatic rings. The summed E-state index contributed by atoms with van der Waals surface area (Å²) in [6.07, 6.45) is 1.30. The van der Waals surface area contributed by atoms with Gasteiger partial charge < -0.3 is 11.1 Å². The minimum absolute atomic E-state index is 0.188. The molecule has 98 valence electrons. The van der Waals surface area contributed by atoms with Crippen molar-refractivity contribution in [2.24, 2.45) is 0 Å². The lowest BCUT2D eigenvalue weighted by atomic mass is 10.2. The first-order valence-corrected chi connectivity index (χ1v) is 6.32. The number of carbonyl (C=O) groups is 1. The second-order valence-corrected chi connectivity index (χ2v) is 4.93. The van der Waals surface area contributed by atoms with E-state index < -0.39 is 11.7 Å². The summed E-state index contributed by atoms with van der Waals surface area (Å²) in [5.41, 5.74) is 6.13. The highest BCUT2D eigenvalue weighted by Crippen LogP contribution is 2.22. The number of nitrogens with one attached hydrogen (secondary N) is 1. The van der Waals surface area contributed by atoms with Gasteiger partial charge in [-0.1, -0.05) is 11.6 Å². The van der Waals surface area contributed by atoms with E-state index in [4.69, 9.17) is 17.3 Å². The van der Waals surface area contributed by atoms with Gasteiger partial charge in [0.25, 0.3) is 5.91 Å². The Morgan fingerprint density at radius 3 is 2.84 bits per heavy atom. The normalized spacial score (nSPS) is 10.3. The Balaban J connectivity index is 2.25. The second kappa shape index (κ2) is 5.54. The summed E-state index contributed by atoms with van der Waals surface area (Å²) in [5, 5.41) is 2.78. The van der Waals surface area contributed by atoms with E-state index in [1.54, 1.807) is 0 Å². The van der Waals surface area contributed by atoms with E-state index in [1.165, 1.54) is 30.5 Å². The third kappa shape index (κ3) is 3.21. The number of anilines is 2. The van der Waals surface area contributed by atoms with Crippen molar-refractivity contribution in [3.8, 4) is 0 Å². The lowest BCUT2D eigenvalue weighted by Crippen LogP contribution is -2.13. The number of nitrogens with zero attached hydrogens (tertiary/aromatic N) is 1. The quantitative estimate of drug-likeness (QED) is 0.876. The highest BCUT2D eigenvalue weighted by Gasteiger charge is 2.12. The van der Waals surface area contributed by atoms with Gasteiger partial charge in [-0.3, -0.25) is 4.79 Å². The molecule has 0 radical (unpaired) electrons. The third-order valence-electron chi connectivity index (χ3n) is 2.30. The smallest absolute Gasteiger partial charge is 0.257 e. The number of benzene rings is 1. The molecule has 1 amide bonds. The van der Waals surface area contributed by atoms with Crippen LogP contribution in [0.3, 0.4) is 0 Å². The Kier molecular flexibility index (Phi) is 4.01. The first-order chi connectivity index (χ1) is 8.97. The summed E-state index contributed by atoms with van der Waals surface area (Å²) < 4.78 is 13.3. The molecule has 0 unspecified atom stereocenters. The molecule has 1 heterocycles. The van der Waals surface area contributed by atoms with Crippen LogP contribution in [0, 0.1) is 5.82 Å². The molecule has 7 heteroatoms. The summed E-state index contributed by atoms with van der Waals surface area (Å²) in [6, 6.07) is 5.50. The van der Waals surface area contributed by atoms with Crippen molar-refractivity contribution in [1.29, 1.82) is 0 Å². The fraction of sp³-hybridized carbons (Fsp3) is 0. The van der Waals surface area contributed by atoms with Gasteiger partial charge in [0, 0.05) is 11.9 Å². The van der Waals surface area contributed by atoms with Crippen LogP contribution in [0.15, 0.2) is 34.9 Å². The molecule has 0 spiro atoms. The standard InChI is InChI=1S/C12H8BrClFN3O/c13-8-3-6(1-2-10(8)15)18-12(19)7-4-11(16)17-5-9(7)14/h1-5H,(H2,16,17)(H,18,19). The highest BCUT2D eigenvalue weighted by atomic mass is 79.9. The fourth-order valence-electron chi connectivity index (χ4n) is 1.40. The van der Waals surface area contributed by atoms with E-state index in [2.05, 4.69) is 26.2 Å². The fourth-order valence-corrected chi connectivity index (χ4v) is 1.97. The average Bonchev–Trinajstić information content (AvgIpc) is 2.36. The van der Waals surface area contributed by atoms with Crippen LogP contribution in [0.4, 0.5) is 15.9 Å². The lowest BCUT2D eigenvalue weighted by Gasteiger charge is -2.07. The molecule has 3 N–H and O–H groups in total. The highest BCUT2D eigenvalue weighted by molar-refractivity contribution is 9.10. The largest absolute Gasteiger partial charge is 0.384 e. The van der Waals surface area contributed by atoms with Crippen LogP contribution in [0.1, 0.15) is 10.4 Å². The number of hydrogen-bond donors (Lipinski definition) is 2. The van der Waals surface area contributed by atoms with E-state index in [9.17, 15) is 9.18 Å². The van der Waals surface area contributed by atoms with Crippen molar-refractivity contribution in [3.63, 3.8) is 0 Å². The SMILES string of the molecule is Nc1cc(C(=O)Nc2ccc(F)c(Br)c2)c(Cl)cn1. The predicted molar refractivity (Wildman–Crippen MR) is 75.7 cm³/mol. The van der Waals surface area contributed by atoms with Crippen molar-refractivity contribution in [2.75, 3.05) is 11.1 Å². The molecule has 0 atom stereocenters. The zero-order valence-corrected chi connectivity index (χ0v) is 11.8. The van der Waals surface area contributed by atoms with Crippen molar-refractivity contribution >= 4 is 44.9 Å². The molecule has 0 aliphatic heterocycles. The first kappa shape index (κ1) is 13.8. The van der Waals surface area contributed by atoms with E-state index in [1.807, 2.05) is 0 Å². The van der Waals surface area contributed by atoms with Crippen LogP contribution in [-0.2, 0) is 0 Å². The number of pyridine rings is 1. The van der Waals surface area contributed by atoms with Gasteiger partial charge >= 0.3 is 0 Å². The lowest BCUT2D eigenvalue weighted by molar-refractivity contribution is 0.102. The maximum absolute atomic E-state index is 13.1. The summed E-state index contributed by atoms with van der Waals surface area (Å²) in [5.74, 6) is -0.670. The number of amides is 1. The van der Waals surface area contributed by atoms with Gasteiger partial charge in [-0.15, -0.1) is 0 Å². The van der Waals surface area contributed by atoms with Crippen LogP contribution in [0.25, 0.3) is 0 Å². The van der Waals surface area contributed by atoms with Crippen LogP contribution in [-0.4, -0.2) is 10.9 Å². The Labute approximate surface area is 121 Å². The molecular formula is C12H8BrClFN3O. The van der Waals surface area contributed by atoms with Gasteiger partial charge in [0.15, 0.2) is 0 Å². The third-order valence-corrected chi connectivity index (χ3v) is 3.21. The molecule has 0 aliphatic carbocycles. The van der Waals surface area contributed by atoms with Gasteiger partial charge in [-0.05, 0) is 40.2 Å². The number of nitrogens with two attached hydrogens (primary N) is 1. The van der Waals surface area contributed by atoms with Crippen LogP contribution in [0.5, 0.6) is 0 Å². The Morgan fingerprint density at radius 1 is 1.42 bits per heavy atom. The van der Waals surface area contributed by atoms with Gasteiger partial charge in [0.1, 0.15) is 11.6 Å². The summed E-state index contributed by atoms with van der Waals surface area (Å²) in [4.78, 5) is 15.8. The molecule has 1 aromatic carbocycles. The number of nitrogen functional groups attached to an aromatic ring is 1. The average molecular weight is 345 g/mol. The summed E-state index contributed by atoms with van der Waals surface area (Å²) in [6.45, 7) is 0. The number of carbonyl (C=O) groups excluding carboxylic acids is 1. The van der Waals surface area contributed by atoms with Crippen LogP contribution < -0.4 is 11.1 Å². The molecule has 0 saturated carbocycles. The van der Waals surface area contributed by atoms with Crippen molar-refractivity contribution in [3.05, 3.63) is 51.3 Å². The molecule has 2 aromatic rings. The molecular weight excluding hydrogens is 337 g/mol. The maximum Gasteiger partial charge on any atom is 0.257 e. The monoisotopic (exact) mass is 343 g/mol. The molecule has 19 heavy (non-hydrogen) atoms. The first-order valence-electron chi connectivity index (χ1n) is 5.15. The zero-order chi connectivity index (χ0) is 14.0. The molecule has 4 nitrogen and oxygen atoms in total. The van der Waals surface area contributed by atoms with E-state index in [0.717, 1.165) is 0 Å².